The van der Waals surface area contributed by atoms with Gasteiger partial charge in [0.2, 0.25) is 0 Å². The Hall–Kier alpha value is -2.63. The van der Waals surface area contributed by atoms with Gasteiger partial charge in [0.1, 0.15) is 23.4 Å². The van der Waals surface area contributed by atoms with E-state index in [1.807, 2.05) is 36.4 Å². The van der Waals surface area contributed by atoms with E-state index in [1.54, 1.807) is 26.6 Å². The normalized spacial score (nSPS) is 15.1. The Balaban J connectivity index is 1.85. The molecule has 1 aromatic heterocycles. The van der Waals surface area contributed by atoms with Crippen LogP contribution in [0.5, 0.6) is 11.5 Å². The maximum Gasteiger partial charge on any atom is 0.144 e. The number of para-hydroxylation sites is 2. The van der Waals surface area contributed by atoms with Gasteiger partial charge in [-0.15, -0.1) is 0 Å². The highest BCUT2D eigenvalue weighted by molar-refractivity contribution is 6.39. The van der Waals surface area contributed by atoms with Crippen molar-refractivity contribution < 1.29 is 9.47 Å². The first-order valence-electron chi connectivity index (χ1n) is 8.77. The molecule has 1 unspecified atom stereocenters. The molecule has 5 nitrogen and oxygen atoms in total. The van der Waals surface area contributed by atoms with E-state index < -0.39 is 0 Å². The Morgan fingerprint density at radius 3 is 2.32 bits per heavy atom. The molecule has 0 spiro atoms. The summed E-state index contributed by atoms with van der Waals surface area (Å²) in [5.41, 5.74) is 3.60. The summed E-state index contributed by atoms with van der Waals surface area (Å²) in [5.74, 6) is 1.57. The van der Waals surface area contributed by atoms with Gasteiger partial charge in [0.05, 0.1) is 35.6 Å². The Kier molecular flexibility index (Phi) is 5.20. The summed E-state index contributed by atoms with van der Waals surface area (Å²) in [6.45, 7) is 0. The van der Waals surface area contributed by atoms with Crippen molar-refractivity contribution in [1.29, 1.82) is 0 Å². The monoisotopic (exact) mass is 415 g/mol. The average Bonchev–Trinajstić information content (AvgIpc) is 3.06. The molecule has 7 heteroatoms. The predicted molar refractivity (Wildman–Crippen MR) is 113 cm³/mol. The molecule has 0 radical (unpaired) electrons. The molecule has 1 aliphatic rings. The summed E-state index contributed by atoms with van der Waals surface area (Å²) in [5, 5.41) is 4.51. The molecule has 28 heavy (non-hydrogen) atoms. The lowest BCUT2D eigenvalue weighted by Gasteiger charge is -2.29. The van der Waals surface area contributed by atoms with Crippen LogP contribution in [-0.2, 0) is 6.42 Å². The maximum absolute atomic E-state index is 6.52. The number of pyridine rings is 1. The summed E-state index contributed by atoms with van der Waals surface area (Å²) >= 11 is 13.0. The van der Waals surface area contributed by atoms with E-state index in [2.05, 4.69) is 21.3 Å². The smallest absolute Gasteiger partial charge is 0.144 e. The Labute approximate surface area is 173 Å². The van der Waals surface area contributed by atoms with Crippen LogP contribution in [0.2, 0.25) is 10.0 Å². The van der Waals surface area contributed by atoms with E-state index in [0.717, 1.165) is 28.4 Å². The summed E-state index contributed by atoms with van der Waals surface area (Å²) in [6.07, 6.45) is 3.71. The number of fused-ring (bicyclic) bond motifs is 1. The molecule has 0 saturated heterocycles. The highest BCUT2D eigenvalue weighted by atomic mass is 35.5. The molecule has 0 aliphatic carbocycles. The third-order valence-corrected chi connectivity index (χ3v) is 5.32. The molecule has 1 atom stereocenters. The van der Waals surface area contributed by atoms with Gasteiger partial charge in [-0.1, -0.05) is 47.5 Å². The molecular weight excluding hydrogens is 397 g/mol. The molecule has 0 amide bonds. The fourth-order valence-corrected chi connectivity index (χ4v) is 4.12. The zero-order chi connectivity index (χ0) is 19.7. The van der Waals surface area contributed by atoms with Crippen LogP contribution in [0.3, 0.4) is 0 Å². The third kappa shape index (κ3) is 3.21. The molecule has 4 rings (SSSR count). The summed E-state index contributed by atoms with van der Waals surface area (Å²) in [6, 6.07) is 13.8. The van der Waals surface area contributed by atoms with Crippen molar-refractivity contribution in [1.82, 2.24) is 4.98 Å². The fourth-order valence-electron chi connectivity index (χ4n) is 3.58. The number of hydrogen-bond acceptors (Lipinski definition) is 5. The number of aromatic nitrogens is 1. The van der Waals surface area contributed by atoms with E-state index in [1.165, 1.54) is 0 Å². The minimum Gasteiger partial charge on any atom is -0.496 e. The highest BCUT2D eigenvalue weighted by Crippen LogP contribution is 2.50. The van der Waals surface area contributed by atoms with Crippen LogP contribution in [0.1, 0.15) is 5.56 Å². The topological polar surface area (TPSA) is 46.6 Å². The standard InChI is InChI=1S/C21H19Cl2N3O2/c1-27-17-8-4-3-6-13(17)10-19-25-16-7-5-9-18(28-2)21(16)26(19)20-14(22)11-24-12-15(20)23/h3-9,11-12,19,25H,10H2,1-2H3. The van der Waals surface area contributed by atoms with E-state index in [4.69, 9.17) is 32.7 Å². The molecule has 0 bridgehead atoms. The first kappa shape index (κ1) is 18.7. The molecule has 1 N–H and O–H groups in total. The van der Waals surface area contributed by atoms with Gasteiger partial charge in [0.15, 0.2) is 0 Å². The molecule has 1 aliphatic heterocycles. The van der Waals surface area contributed by atoms with Crippen LogP contribution in [0.15, 0.2) is 54.9 Å². The number of methoxy groups -OCH3 is 2. The zero-order valence-electron chi connectivity index (χ0n) is 15.4. The number of nitrogens with zero attached hydrogens (tertiary/aromatic N) is 2. The summed E-state index contributed by atoms with van der Waals surface area (Å²) in [4.78, 5) is 6.16. The van der Waals surface area contributed by atoms with Crippen LogP contribution in [-0.4, -0.2) is 25.4 Å². The van der Waals surface area contributed by atoms with Gasteiger partial charge in [0, 0.05) is 18.8 Å². The van der Waals surface area contributed by atoms with Gasteiger partial charge in [0.25, 0.3) is 0 Å². The number of benzene rings is 2. The largest absolute Gasteiger partial charge is 0.496 e. The fraction of sp³-hybridized carbons (Fsp3) is 0.190. The van der Waals surface area contributed by atoms with Gasteiger partial charge in [-0.25, -0.2) is 0 Å². The lowest BCUT2D eigenvalue weighted by Crippen LogP contribution is -2.34. The Morgan fingerprint density at radius 2 is 1.61 bits per heavy atom. The van der Waals surface area contributed by atoms with E-state index in [0.29, 0.717) is 22.2 Å². The summed E-state index contributed by atoms with van der Waals surface area (Å²) < 4.78 is 11.2. The maximum atomic E-state index is 6.52. The Morgan fingerprint density at radius 1 is 0.929 bits per heavy atom. The number of nitrogens with one attached hydrogen (secondary N) is 1. The van der Waals surface area contributed by atoms with Crippen molar-refractivity contribution in [3.8, 4) is 11.5 Å². The van der Waals surface area contributed by atoms with Crippen molar-refractivity contribution in [2.45, 2.75) is 12.6 Å². The van der Waals surface area contributed by atoms with Crippen LogP contribution >= 0.6 is 23.2 Å². The van der Waals surface area contributed by atoms with Crippen molar-refractivity contribution >= 4 is 40.3 Å². The van der Waals surface area contributed by atoms with Crippen molar-refractivity contribution in [2.75, 3.05) is 24.4 Å². The van der Waals surface area contributed by atoms with Crippen LogP contribution < -0.4 is 19.7 Å². The van der Waals surface area contributed by atoms with Gasteiger partial charge in [-0.3, -0.25) is 4.98 Å². The number of hydrogen-bond donors (Lipinski definition) is 1. The predicted octanol–water partition coefficient (Wildman–Crippen LogP) is 5.54. The molecule has 0 fully saturated rings. The molecule has 144 valence electrons. The number of anilines is 3. The van der Waals surface area contributed by atoms with Gasteiger partial charge in [-0.05, 0) is 23.8 Å². The quantitative estimate of drug-likeness (QED) is 0.592. The third-order valence-electron chi connectivity index (χ3n) is 4.77. The summed E-state index contributed by atoms with van der Waals surface area (Å²) in [7, 11) is 3.32. The van der Waals surface area contributed by atoms with Gasteiger partial charge in [-0.2, -0.15) is 0 Å². The minimum absolute atomic E-state index is 0.139. The molecule has 0 saturated carbocycles. The van der Waals surface area contributed by atoms with Crippen molar-refractivity contribution in [3.63, 3.8) is 0 Å². The van der Waals surface area contributed by atoms with E-state index >= 15 is 0 Å². The second kappa shape index (κ2) is 7.78. The van der Waals surface area contributed by atoms with E-state index in [9.17, 15) is 0 Å². The van der Waals surface area contributed by atoms with Gasteiger partial charge >= 0.3 is 0 Å². The molecule has 3 aromatic rings. The molecular formula is C21H19Cl2N3O2. The zero-order valence-corrected chi connectivity index (χ0v) is 17.0. The number of halogens is 2. The molecule has 2 aromatic carbocycles. The lowest BCUT2D eigenvalue weighted by atomic mass is 10.1. The van der Waals surface area contributed by atoms with Crippen LogP contribution in [0.4, 0.5) is 17.1 Å². The first-order valence-corrected chi connectivity index (χ1v) is 9.53. The average molecular weight is 416 g/mol. The second-order valence-corrected chi connectivity index (χ2v) is 7.17. The second-order valence-electron chi connectivity index (χ2n) is 6.35. The van der Waals surface area contributed by atoms with Gasteiger partial charge < -0.3 is 19.7 Å². The highest BCUT2D eigenvalue weighted by Gasteiger charge is 2.35. The number of rotatable bonds is 5. The molecule has 2 heterocycles. The van der Waals surface area contributed by atoms with Crippen molar-refractivity contribution in [2.24, 2.45) is 0 Å². The first-order chi connectivity index (χ1) is 13.6. The minimum atomic E-state index is -0.139. The van der Waals surface area contributed by atoms with Crippen molar-refractivity contribution in [3.05, 3.63) is 70.5 Å². The van der Waals surface area contributed by atoms with Crippen LogP contribution in [0, 0.1) is 0 Å². The van der Waals surface area contributed by atoms with E-state index in [-0.39, 0.29) is 6.17 Å². The Bertz CT molecular complexity index is 992. The lowest BCUT2D eigenvalue weighted by molar-refractivity contribution is 0.408. The number of ether oxygens (including phenoxy) is 2. The SMILES string of the molecule is COc1ccccc1CC1Nc2cccc(OC)c2N1c1c(Cl)cncc1Cl. The van der Waals surface area contributed by atoms with Crippen LogP contribution in [0.25, 0.3) is 0 Å².